The molecule has 0 unspecified atom stereocenters. The molecule has 1 aromatic heterocycles. The second kappa shape index (κ2) is 11.2. The molecule has 4 aromatic rings. The molecule has 4 rings (SSSR count). The Hall–Kier alpha value is -3.92. The lowest BCUT2D eigenvalue weighted by Gasteiger charge is -2.21. The molecule has 198 valence electrons. The molecule has 0 fully saturated rings. The summed E-state index contributed by atoms with van der Waals surface area (Å²) >= 11 is 0. The number of fused-ring (bicyclic) bond motifs is 1. The molecule has 0 spiro atoms. The molecule has 1 heterocycles. The van der Waals surface area contributed by atoms with Crippen LogP contribution in [0.5, 0.6) is 5.75 Å². The van der Waals surface area contributed by atoms with Crippen LogP contribution >= 0.6 is 0 Å². The van der Waals surface area contributed by atoms with Crippen molar-refractivity contribution in [1.82, 2.24) is 10.3 Å². The van der Waals surface area contributed by atoms with Crippen LogP contribution in [0, 0.1) is 0 Å². The quantitative estimate of drug-likeness (QED) is 0.246. The number of carbonyl (C=O) groups excluding carboxylic acids is 1. The highest BCUT2D eigenvalue weighted by atomic mass is 32.2. The number of benzene rings is 3. The molecule has 1 N–H and O–H groups in total. The predicted octanol–water partition coefficient (Wildman–Crippen LogP) is 6.44. The third kappa shape index (κ3) is 6.49. The van der Waals surface area contributed by atoms with E-state index in [2.05, 4.69) is 10.3 Å². The first-order valence-corrected chi connectivity index (χ1v) is 13.5. The first-order valence-electron chi connectivity index (χ1n) is 11.9. The molecule has 3 aromatic carbocycles. The van der Waals surface area contributed by atoms with Crippen molar-refractivity contribution in [3.05, 3.63) is 96.1 Å². The largest absolute Gasteiger partial charge is 0.390 e. The molecule has 6 nitrogen and oxygen atoms in total. The van der Waals surface area contributed by atoms with Crippen LogP contribution in [0.1, 0.15) is 41.7 Å². The van der Waals surface area contributed by atoms with E-state index in [1.807, 2.05) is 37.3 Å². The average molecular weight is 543 g/mol. The zero-order chi connectivity index (χ0) is 27.3. The minimum Gasteiger partial charge on any atom is -0.379 e. The van der Waals surface area contributed by atoms with Crippen LogP contribution in [-0.2, 0) is 10.1 Å². The van der Waals surface area contributed by atoms with Gasteiger partial charge in [0.05, 0.1) is 29.3 Å². The minimum absolute atomic E-state index is 0.0257. The molecule has 0 saturated carbocycles. The number of pyridine rings is 1. The van der Waals surface area contributed by atoms with Gasteiger partial charge in [0, 0.05) is 10.9 Å². The minimum atomic E-state index is -4.75. The van der Waals surface area contributed by atoms with Crippen LogP contribution < -0.4 is 9.50 Å². The number of hydrogen-bond acceptors (Lipinski definition) is 5. The number of alkyl halides is 3. The number of amides is 1. The Kier molecular flexibility index (Phi) is 8.01. The number of hydrogen-bond donors (Lipinski definition) is 1. The van der Waals surface area contributed by atoms with Crippen LogP contribution in [0.2, 0.25) is 0 Å². The van der Waals surface area contributed by atoms with E-state index in [1.165, 1.54) is 0 Å². The fraction of sp³-hybridized carbons (Fsp3) is 0.214. The van der Waals surface area contributed by atoms with Gasteiger partial charge in [-0.25, -0.2) is 4.98 Å². The van der Waals surface area contributed by atoms with E-state index in [4.69, 9.17) is 4.18 Å². The van der Waals surface area contributed by atoms with Crippen molar-refractivity contribution in [2.24, 2.45) is 0 Å². The normalized spacial score (nSPS) is 12.7. The van der Waals surface area contributed by atoms with E-state index in [0.717, 1.165) is 5.56 Å². The summed E-state index contributed by atoms with van der Waals surface area (Å²) in [6.07, 6.45) is -5.76. The van der Waals surface area contributed by atoms with Gasteiger partial charge in [-0.05, 0) is 18.1 Å². The molecular formula is C28H25F3N2O4S. The van der Waals surface area contributed by atoms with Crippen LogP contribution in [0.25, 0.3) is 22.2 Å². The highest BCUT2D eigenvalue weighted by Crippen LogP contribution is 2.38. The molecule has 0 aliphatic heterocycles. The first-order chi connectivity index (χ1) is 18.1. The van der Waals surface area contributed by atoms with Crippen LogP contribution in [-0.4, -0.2) is 31.2 Å². The second-order valence-corrected chi connectivity index (χ2v) is 10.3. The monoisotopic (exact) mass is 542 g/mol. The van der Waals surface area contributed by atoms with Crippen molar-refractivity contribution in [1.29, 1.82) is 0 Å². The third-order valence-corrected chi connectivity index (χ3v) is 7.01. The van der Waals surface area contributed by atoms with Gasteiger partial charge in [-0.15, -0.1) is 0 Å². The number of carbonyl (C=O) groups is 1. The van der Waals surface area contributed by atoms with E-state index in [0.29, 0.717) is 22.9 Å². The lowest BCUT2D eigenvalue weighted by molar-refractivity contribution is -0.130. The Bertz CT molecular complexity index is 1530. The van der Waals surface area contributed by atoms with Gasteiger partial charge in [0.1, 0.15) is 5.69 Å². The number of halogens is 3. The van der Waals surface area contributed by atoms with Gasteiger partial charge < -0.3 is 9.50 Å². The van der Waals surface area contributed by atoms with Gasteiger partial charge >= 0.3 is 16.3 Å². The average Bonchev–Trinajstić information content (AvgIpc) is 2.90. The summed E-state index contributed by atoms with van der Waals surface area (Å²) in [7, 11) is -4.75. The Labute approximate surface area is 218 Å². The van der Waals surface area contributed by atoms with Crippen molar-refractivity contribution < 1.29 is 30.6 Å². The fourth-order valence-corrected chi connectivity index (χ4v) is 5.02. The summed E-state index contributed by atoms with van der Waals surface area (Å²) in [5.41, 5.74) is 1.57. The third-order valence-electron chi connectivity index (χ3n) is 5.88. The van der Waals surface area contributed by atoms with E-state index in [-0.39, 0.29) is 11.3 Å². The standard InChI is InChI=1S/C28H25F3N2O4S/c1-2-22(19-11-5-3-6-12-19)33-27(34)24-21-15-9-10-16-23(21)32-25(20-13-7-4-8-14-20)26(24)37-38(35,36)18-17-28(29,30)31/h3-16,22H,2,17-18H2,1H3,(H,33,34)/t22-/m0/s1. The zero-order valence-electron chi connectivity index (χ0n) is 20.4. The molecule has 0 saturated heterocycles. The molecule has 0 radical (unpaired) electrons. The van der Waals surface area contributed by atoms with Crippen molar-refractivity contribution in [2.45, 2.75) is 32.0 Å². The van der Waals surface area contributed by atoms with Crippen LogP contribution in [0.3, 0.4) is 0 Å². The maximum Gasteiger partial charge on any atom is 0.390 e. The van der Waals surface area contributed by atoms with Gasteiger partial charge in [-0.3, -0.25) is 4.79 Å². The highest BCUT2D eigenvalue weighted by Gasteiger charge is 2.33. The Morgan fingerprint density at radius 3 is 2.18 bits per heavy atom. The molecule has 38 heavy (non-hydrogen) atoms. The molecule has 10 heteroatoms. The summed E-state index contributed by atoms with van der Waals surface area (Å²) in [5.74, 6) is -2.37. The van der Waals surface area contributed by atoms with Crippen molar-refractivity contribution in [3.63, 3.8) is 0 Å². The smallest absolute Gasteiger partial charge is 0.379 e. The predicted molar refractivity (Wildman–Crippen MR) is 139 cm³/mol. The van der Waals surface area contributed by atoms with Crippen LogP contribution in [0.4, 0.5) is 13.2 Å². The number of aromatic nitrogens is 1. The second-order valence-electron chi connectivity index (χ2n) is 8.60. The number of nitrogens with zero attached hydrogens (tertiary/aromatic N) is 1. The number of nitrogens with one attached hydrogen (secondary N) is 1. The maximum atomic E-state index is 13.8. The Morgan fingerprint density at radius 1 is 0.947 bits per heavy atom. The van der Waals surface area contributed by atoms with Gasteiger partial charge in [0.2, 0.25) is 0 Å². The molecule has 0 aliphatic rings. The van der Waals surface area contributed by atoms with Gasteiger partial charge in [-0.1, -0.05) is 85.8 Å². The summed E-state index contributed by atoms with van der Waals surface area (Å²) in [4.78, 5) is 18.4. The summed E-state index contributed by atoms with van der Waals surface area (Å²) in [5, 5.41) is 3.23. The summed E-state index contributed by atoms with van der Waals surface area (Å²) in [6.45, 7) is 1.89. The van der Waals surface area contributed by atoms with Crippen molar-refractivity contribution in [3.8, 4) is 17.0 Å². The maximum absolute atomic E-state index is 13.8. The summed E-state index contributed by atoms with van der Waals surface area (Å²) in [6, 6.07) is 23.8. The summed E-state index contributed by atoms with van der Waals surface area (Å²) < 4.78 is 69.3. The molecule has 0 bridgehead atoms. The lowest BCUT2D eigenvalue weighted by atomic mass is 10.00. The first kappa shape index (κ1) is 27.1. The molecular weight excluding hydrogens is 517 g/mol. The van der Waals surface area contributed by atoms with Gasteiger partial charge in [0.15, 0.2) is 5.75 Å². The van der Waals surface area contributed by atoms with Crippen molar-refractivity contribution >= 4 is 26.9 Å². The van der Waals surface area contributed by atoms with Crippen molar-refractivity contribution in [2.75, 3.05) is 5.75 Å². The topological polar surface area (TPSA) is 85.4 Å². The SMILES string of the molecule is CC[C@H](NC(=O)c1c(OS(=O)(=O)CCC(F)(F)F)c(-c2ccccc2)nc2ccccc12)c1ccccc1. The molecule has 1 amide bonds. The number of rotatable bonds is 9. The Morgan fingerprint density at radius 2 is 1.55 bits per heavy atom. The molecule has 1 atom stereocenters. The van der Waals surface area contributed by atoms with E-state index in [1.54, 1.807) is 54.6 Å². The fourth-order valence-electron chi connectivity index (χ4n) is 4.04. The lowest BCUT2D eigenvalue weighted by Crippen LogP contribution is -2.29. The van der Waals surface area contributed by atoms with Gasteiger partial charge in [-0.2, -0.15) is 21.6 Å². The van der Waals surface area contributed by atoms with E-state index >= 15 is 0 Å². The zero-order valence-corrected chi connectivity index (χ0v) is 21.2. The Balaban J connectivity index is 1.89. The highest BCUT2D eigenvalue weighted by molar-refractivity contribution is 7.87. The van der Waals surface area contributed by atoms with E-state index < -0.39 is 46.2 Å². The van der Waals surface area contributed by atoms with E-state index in [9.17, 15) is 26.4 Å². The van der Waals surface area contributed by atoms with Crippen LogP contribution in [0.15, 0.2) is 84.9 Å². The number of para-hydroxylation sites is 1. The molecule has 0 aliphatic carbocycles. The van der Waals surface area contributed by atoms with Gasteiger partial charge in [0.25, 0.3) is 5.91 Å².